The zero-order chi connectivity index (χ0) is 17.0. The average molecular weight is 339 g/mol. The van der Waals surface area contributed by atoms with Gasteiger partial charge in [0.1, 0.15) is 0 Å². The monoisotopic (exact) mass is 339 g/mol. The van der Waals surface area contributed by atoms with Gasteiger partial charge in [-0.15, -0.1) is 0 Å². The van der Waals surface area contributed by atoms with Crippen LogP contribution in [0.1, 0.15) is 17.5 Å². The van der Waals surface area contributed by atoms with Gasteiger partial charge in [0.2, 0.25) is 5.91 Å². The molecule has 8 heteroatoms. The summed E-state index contributed by atoms with van der Waals surface area (Å²) in [6.45, 7) is 1.22. The first-order valence-electron chi connectivity index (χ1n) is 7.32. The summed E-state index contributed by atoms with van der Waals surface area (Å²) in [4.78, 5) is 24.7. The molecule has 1 aromatic rings. The van der Waals surface area contributed by atoms with Crippen LogP contribution >= 0.6 is 0 Å². The highest BCUT2D eigenvalue weighted by molar-refractivity contribution is 7.89. The Morgan fingerprint density at radius 2 is 1.87 bits per heavy atom. The van der Waals surface area contributed by atoms with Crippen LogP contribution in [0, 0.1) is 5.92 Å². The normalized spacial score (nSPS) is 18.0. The molecule has 0 radical (unpaired) electrons. The molecule has 1 aliphatic heterocycles. The van der Waals surface area contributed by atoms with E-state index in [0.29, 0.717) is 31.6 Å². The Labute approximate surface area is 135 Å². The molecule has 126 valence electrons. The SMILES string of the molecule is CS(=O)(=O)Cc1ccc(CNC(=O)N2CC[C@H](C(N)=O)C2)cc1. The Kier molecular flexibility index (Phi) is 5.25. The second-order valence-corrected chi connectivity index (χ2v) is 8.02. The molecule has 1 fully saturated rings. The van der Waals surface area contributed by atoms with Gasteiger partial charge in [0.15, 0.2) is 9.84 Å². The quantitative estimate of drug-likeness (QED) is 0.801. The number of nitrogens with zero attached hydrogens (tertiary/aromatic N) is 1. The van der Waals surface area contributed by atoms with Crippen LogP contribution in [0.5, 0.6) is 0 Å². The maximum Gasteiger partial charge on any atom is 0.317 e. The molecule has 1 saturated heterocycles. The second kappa shape index (κ2) is 6.99. The fraction of sp³-hybridized carbons (Fsp3) is 0.467. The van der Waals surface area contributed by atoms with Gasteiger partial charge in [-0.05, 0) is 17.5 Å². The van der Waals surface area contributed by atoms with E-state index in [1.807, 2.05) is 0 Å². The van der Waals surface area contributed by atoms with Gasteiger partial charge in [-0.25, -0.2) is 13.2 Å². The number of urea groups is 1. The smallest absolute Gasteiger partial charge is 0.317 e. The number of hydrogen-bond acceptors (Lipinski definition) is 4. The molecule has 3 N–H and O–H groups in total. The van der Waals surface area contributed by atoms with Gasteiger partial charge in [-0.1, -0.05) is 24.3 Å². The second-order valence-electron chi connectivity index (χ2n) is 5.88. The number of primary amides is 1. The summed E-state index contributed by atoms with van der Waals surface area (Å²) < 4.78 is 22.5. The summed E-state index contributed by atoms with van der Waals surface area (Å²) in [5.41, 5.74) is 6.83. The van der Waals surface area contributed by atoms with E-state index in [1.54, 1.807) is 29.2 Å². The van der Waals surface area contributed by atoms with E-state index in [2.05, 4.69) is 5.32 Å². The number of hydrogen-bond donors (Lipinski definition) is 2. The number of benzene rings is 1. The van der Waals surface area contributed by atoms with Crippen molar-refractivity contribution >= 4 is 21.8 Å². The van der Waals surface area contributed by atoms with Gasteiger partial charge in [0, 0.05) is 25.9 Å². The molecule has 0 bridgehead atoms. The Hall–Kier alpha value is -2.09. The van der Waals surface area contributed by atoms with Crippen molar-refractivity contribution in [3.05, 3.63) is 35.4 Å². The predicted molar refractivity (Wildman–Crippen MR) is 86.1 cm³/mol. The molecule has 1 atom stereocenters. The zero-order valence-electron chi connectivity index (χ0n) is 13.0. The molecular weight excluding hydrogens is 318 g/mol. The summed E-state index contributed by atoms with van der Waals surface area (Å²) >= 11 is 0. The van der Waals surface area contributed by atoms with Gasteiger partial charge in [-0.2, -0.15) is 0 Å². The molecule has 23 heavy (non-hydrogen) atoms. The van der Waals surface area contributed by atoms with E-state index >= 15 is 0 Å². The van der Waals surface area contributed by atoms with Gasteiger partial charge < -0.3 is 16.0 Å². The number of carbonyl (C=O) groups excluding carboxylic acids is 2. The largest absolute Gasteiger partial charge is 0.369 e. The van der Waals surface area contributed by atoms with Gasteiger partial charge in [0.05, 0.1) is 11.7 Å². The predicted octanol–water partition coefficient (Wildman–Crippen LogP) is 0.248. The molecule has 1 aromatic carbocycles. The van der Waals surface area contributed by atoms with Gasteiger partial charge in [-0.3, -0.25) is 4.79 Å². The minimum Gasteiger partial charge on any atom is -0.369 e. The number of nitrogens with two attached hydrogens (primary N) is 1. The Morgan fingerprint density at radius 3 is 2.39 bits per heavy atom. The third kappa shape index (κ3) is 5.24. The van der Waals surface area contributed by atoms with E-state index in [0.717, 1.165) is 5.56 Å². The van der Waals surface area contributed by atoms with Crippen molar-refractivity contribution in [3.8, 4) is 0 Å². The minimum absolute atomic E-state index is 0.00191. The number of nitrogens with one attached hydrogen (secondary N) is 1. The lowest BCUT2D eigenvalue weighted by Crippen LogP contribution is -2.39. The third-order valence-corrected chi connectivity index (χ3v) is 4.63. The van der Waals surface area contributed by atoms with Crippen LogP contribution in [0.4, 0.5) is 4.79 Å². The molecule has 3 amide bonds. The molecule has 0 unspecified atom stereocenters. The van der Waals surface area contributed by atoms with Crippen molar-refractivity contribution in [2.75, 3.05) is 19.3 Å². The van der Waals surface area contributed by atoms with Gasteiger partial charge >= 0.3 is 6.03 Å². The molecule has 0 spiro atoms. The van der Waals surface area contributed by atoms with Crippen LogP contribution in [0.2, 0.25) is 0 Å². The van der Waals surface area contributed by atoms with Crippen LogP contribution < -0.4 is 11.1 Å². The van der Waals surface area contributed by atoms with Crippen LogP contribution in [-0.2, 0) is 26.9 Å². The summed E-state index contributed by atoms with van der Waals surface area (Å²) in [7, 11) is -3.05. The van der Waals surface area contributed by atoms with E-state index in [9.17, 15) is 18.0 Å². The van der Waals surface area contributed by atoms with Crippen molar-refractivity contribution < 1.29 is 18.0 Å². The van der Waals surface area contributed by atoms with Crippen molar-refractivity contribution in [1.29, 1.82) is 0 Å². The van der Waals surface area contributed by atoms with Crippen LogP contribution in [0.15, 0.2) is 24.3 Å². The highest BCUT2D eigenvalue weighted by atomic mass is 32.2. The summed E-state index contributed by atoms with van der Waals surface area (Å²) in [6.07, 6.45) is 1.79. The molecule has 2 rings (SSSR count). The summed E-state index contributed by atoms with van der Waals surface area (Å²) in [5, 5.41) is 2.78. The average Bonchev–Trinajstić information content (AvgIpc) is 2.94. The molecule has 1 heterocycles. The van der Waals surface area contributed by atoms with Crippen LogP contribution in [0.25, 0.3) is 0 Å². The van der Waals surface area contributed by atoms with E-state index in [-0.39, 0.29) is 23.6 Å². The molecule has 1 aliphatic rings. The Morgan fingerprint density at radius 1 is 1.26 bits per heavy atom. The van der Waals surface area contributed by atoms with Crippen LogP contribution in [0.3, 0.4) is 0 Å². The van der Waals surface area contributed by atoms with E-state index in [4.69, 9.17) is 5.73 Å². The third-order valence-electron chi connectivity index (χ3n) is 3.77. The topological polar surface area (TPSA) is 110 Å². The molecule has 0 aromatic heterocycles. The summed E-state index contributed by atoms with van der Waals surface area (Å²) in [6, 6.07) is 6.82. The maximum atomic E-state index is 12.0. The number of amides is 3. The Bertz CT molecular complexity index is 685. The highest BCUT2D eigenvalue weighted by Crippen LogP contribution is 2.15. The fourth-order valence-electron chi connectivity index (χ4n) is 2.52. The highest BCUT2D eigenvalue weighted by Gasteiger charge is 2.29. The van der Waals surface area contributed by atoms with Crippen molar-refractivity contribution in [2.45, 2.75) is 18.7 Å². The lowest BCUT2D eigenvalue weighted by Gasteiger charge is -2.17. The van der Waals surface area contributed by atoms with Crippen molar-refractivity contribution in [1.82, 2.24) is 10.2 Å². The van der Waals surface area contributed by atoms with E-state index < -0.39 is 9.84 Å². The van der Waals surface area contributed by atoms with Crippen molar-refractivity contribution in [3.63, 3.8) is 0 Å². The number of carbonyl (C=O) groups is 2. The van der Waals surface area contributed by atoms with Crippen LogP contribution in [-0.4, -0.2) is 44.6 Å². The lowest BCUT2D eigenvalue weighted by molar-refractivity contribution is -0.121. The van der Waals surface area contributed by atoms with Gasteiger partial charge in [0.25, 0.3) is 0 Å². The number of sulfone groups is 1. The number of rotatable bonds is 5. The zero-order valence-corrected chi connectivity index (χ0v) is 13.8. The maximum absolute atomic E-state index is 12.0. The number of likely N-dealkylation sites (tertiary alicyclic amines) is 1. The van der Waals surface area contributed by atoms with Crippen molar-refractivity contribution in [2.24, 2.45) is 11.7 Å². The molecule has 7 nitrogen and oxygen atoms in total. The Balaban J connectivity index is 1.84. The fourth-order valence-corrected chi connectivity index (χ4v) is 3.32. The standard InChI is InChI=1S/C15H21N3O4S/c1-23(21,22)10-12-4-2-11(3-5-12)8-17-15(20)18-7-6-13(9-18)14(16)19/h2-5,13H,6-10H2,1H3,(H2,16,19)(H,17,20)/t13-/m0/s1. The lowest BCUT2D eigenvalue weighted by atomic mass is 10.1. The van der Waals surface area contributed by atoms with E-state index in [1.165, 1.54) is 6.26 Å². The summed E-state index contributed by atoms with van der Waals surface area (Å²) in [5.74, 6) is -0.639. The molecular formula is C15H21N3O4S. The molecule has 0 aliphatic carbocycles. The first-order chi connectivity index (χ1) is 10.7. The minimum atomic E-state index is -3.05. The first kappa shape index (κ1) is 17.3. The first-order valence-corrected chi connectivity index (χ1v) is 9.38. The molecule has 0 saturated carbocycles.